The van der Waals surface area contributed by atoms with Crippen LogP contribution in [-0.4, -0.2) is 4.98 Å². The Morgan fingerprint density at radius 2 is 2.08 bits per heavy atom. The Balaban J connectivity index is 2.59. The van der Waals surface area contributed by atoms with Crippen molar-refractivity contribution in [3.05, 3.63) is 29.6 Å². The van der Waals surface area contributed by atoms with E-state index in [0.717, 1.165) is 0 Å². The SMILES string of the molecule is CCCCc1ccc(C(C)C)nc1. The minimum atomic E-state index is 0.542. The van der Waals surface area contributed by atoms with Gasteiger partial charge in [-0.25, -0.2) is 0 Å². The lowest BCUT2D eigenvalue weighted by molar-refractivity contribution is 0.780. The fraction of sp³-hybridized carbons (Fsp3) is 0.583. The van der Waals surface area contributed by atoms with E-state index in [9.17, 15) is 0 Å². The summed E-state index contributed by atoms with van der Waals surface area (Å²) in [6.07, 6.45) is 5.71. The summed E-state index contributed by atoms with van der Waals surface area (Å²) < 4.78 is 0. The highest BCUT2D eigenvalue weighted by molar-refractivity contribution is 5.16. The van der Waals surface area contributed by atoms with E-state index >= 15 is 0 Å². The Bertz CT molecular complexity index is 236. The Kier molecular flexibility index (Phi) is 3.94. The third kappa shape index (κ3) is 3.17. The van der Waals surface area contributed by atoms with Crippen LogP contribution in [0.25, 0.3) is 0 Å². The summed E-state index contributed by atoms with van der Waals surface area (Å²) >= 11 is 0. The molecule has 0 aliphatic carbocycles. The zero-order valence-corrected chi connectivity index (χ0v) is 8.88. The second kappa shape index (κ2) is 5.00. The van der Waals surface area contributed by atoms with Gasteiger partial charge in [0.15, 0.2) is 0 Å². The van der Waals surface area contributed by atoms with Crippen molar-refractivity contribution in [3.63, 3.8) is 0 Å². The molecule has 0 N–H and O–H groups in total. The fourth-order valence-electron chi connectivity index (χ4n) is 1.31. The maximum Gasteiger partial charge on any atom is 0.0429 e. The summed E-state index contributed by atoms with van der Waals surface area (Å²) in [4.78, 5) is 4.43. The monoisotopic (exact) mass is 177 g/mol. The van der Waals surface area contributed by atoms with Gasteiger partial charge in [0.2, 0.25) is 0 Å². The molecule has 72 valence electrons. The molecule has 1 aromatic rings. The number of aryl methyl sites for hydroxylation is 1. The van der Waals surface area contributed by atoms with Gasteiger partial charge >= 0.3 is 0 Å². The van der Waals surface area contributed by atoms with Crippen molar-refractivity contribution in [1.82, 2.24) is 4.98 Å². The van der Waals surface area contributed by atoms with Crippen molar-refractivity contribution in [3.8, 4) is 0 Å². The molecule has 0 saturated carbocycles. The zero-order chi connectivity index (χ0) is 9.68. The molecule has 0 amide bonds. The van der Waals surface area contributed by atoms with Crippen LogP contribution in [0, 0.1) is 0 Å². The van der Waals surface area contributed by atoms with E-state index in [1.807, 2.05) is 6.20 Å². The van der Waals surface area contributed by atoms with Gasteiger partial charge in [0, 0.05) is 11.9 Å². The van der Waals surface area contributed by atoms with Crippen molar-refractivity contribution in [1.29, 1.82) is 0 Å². The highest BCUT2D eigenvalue weighted by atomic mass is 14.7. The molecule has 1 heteroatoms. The number of pyridine rings is 1. The summed E-state index contributed by atoms with van der Waals surface area (Å²) in [6.45, 7) is 6.57. The minimum absolute atomic E-state index is 0.542. The number of aromatic nitrogens is 1. The van der Waals surface area contributed by atoms with E-state index < -0.39 is 0 Å². The van der Waals surface area contributed by atoms with Gasteiger partial charge in [-0.2, -0.15) is 0 Å². The molecule has 0 saturated heterocycles. The van der Waals surface area contributed by atoms with Gasteiger partial charge in [0.05, 0.1) is 0 Å². The van der Waals surface area contributed by atoms with E-state index in [1.54, 1.807) is 0 Å². The van der Waals surface area contributed by atoms with Gasteiger partial charge in [0.25, 0.3) is 0 Å². The van der Waals surface area contributed by atoms with E-state index in [4.69, 9.17) is 0 Å². The van der Waals surface area contributed by atoms with E-state index in [-0.39, 0.29) is 0 Å². The Labute approximate surface area is 81.2 Å². The number of rotatable bonds is 4. The first-order valence-corrected chi connectivity index (χ1v) is 5.19. The van der Waals surface area contributed by atoms with Gasteiger partial charge in [-0.1, -0.05) is 33.3 Å². The third-order valence-corrected chi connectivity index (χ3v) is 2.26. The molecule has 1 rings (SSSR count). The van der Waals surface area contributed by atoms with Crippen molar-refractivity contribution >= 4 is 0 Å². The van der Waals surface area contributed by atoms with Crippen LogP contribution in [0.2, 0.25) is 0 Å². The van der Waals surface area contributed by atoms with Crippen LogP contribution in [0.1, 0.15) is 50.8 Å². The first-order chi connectivity index (χ1) is 6.24. The topological polar surface area (TPSA) is 12.9 Å². The predicted octanol–water partition coefficient (Wildman–Crippen LogP) is 3.55. The highest BCUT2D eigenvalue weighted by Crippen LogP contribution is 2.12. The van der Waals surface area contributed by atoms with Gasteiger partial charge in [-0.3, -0.25) is 4.98 Å². The second-order valence-corrected chi connectivity index (χ2v) is 3.85. The second-order valence-electron chi connectivity index (χ2n) is 3.85. The Hall–Kier alpha value is -0.850. The minimum Gasteiger partial charge on any atom is -0.261 e. The molecule has 0 aliphatic heterocycles. The molecule has 0 radical (unpaired) electrons. The largest absolute Gasteiger partial charge is 0.261 e. The molecule has 0 aromatic carbocycles. The summed E-state index contributed by atoms with van der Waals surface area (Å²) in [5.41, 5.74) is 2.56. The number of nitrogens with zero attached hydrogens (tertiary/aromatic N) is 1. The van der Waals surface area contributed by atoms with Crippen molar-refractivity contribution < 1.29 is 0 Å². The third-order valence-electron chi connectivity index (χ3n) is 2.26. The van der Waals surface area contributed by atoms with E-state index in [2.05, 4.69) is 37.9 Å². The van der Waals surface area contributed by atoms with E-state index in [1.165, 1.54) is 30.5 Å². The lowest BCUT2D eigenvalue weighted by Gasteiger charge is -2.05. The first kappa shape index (κ1) is 10.2. The van der Waals surface area contributed by atoms with Gasteiger partial charge < -0.3 is 0 Å². The van der Waals surface area contributed by atoms with Crippen LogP contribution in [0.3, 0.4) is 0 Å². The van der Waals surface area contributed by atoms with Crippen LogP contribution in [0.4, 0.5) is 0 Å². The number of hydrogen-bond donors (Lipinski definition) is 0. The van der Waals surface area contributed by atoms with Crippen LogP contribution in [0.15, 0.2) is 18.3 Å². The van der Waals surface area contributed by atoms with Gasteiger partial charge in [0.1, 0.15) is 0 Å². The predicted molar refractivity (Wildman–Crippen MR) is 56.9 cm³/mol. The van der Waals surface area contributed by atoms with Crippen molar-refractivity contribution in [2.24, 2.45) is 0 Å². The van der Waals surface area contributed by atoms with E-state index in [0.29, 0.717) is 5.92 Å². The quantitative estimate of drug-likeness (QED) is 0.685. The molecule has 1 aromatic heterocycles. The summed E-state index contributed by atoms with van der Waals surface area (Å²) in [5, 5.41) is 0. The van der Waals surface area contributed by atoms with Crippen molar-refractivity contribution in [2.45, 2.75) is 46.0 Å². The van der Waals surface area contributed by atoms with Crippen LogP contribution < -0.4 is 0 Å². The van der Waals surface area contributed by atoms with Crippen LogP contribution in [0.5, 0.6) is 0 Å². The summed E-state index contributed by atoms with van der Waals surface area (Å²) in [7, 11) is 0. The van der Waals surface area contributed by atoms with Gasteiger partial charge in [-0.05, 0) is 30.4 Å². The molecule has 0 atom stereocenters. The Morgan fingerprint density at radius 3 is 2.54 bits per heavy atom. The first-order valence-electron chi connectivity index (χ1n) is 5.19. The summed E-state index contributed by atoms with van der Waals surface area (Å²) in [6, 6.07) is 4.35. The smallest absolute Gasteiger partial charge is 0.0429 e. The average Bonchev–Trinajstić information content (AvgIpc) is 2.15. The molecule has 0 fully saturated rings. The zero-order valence-electron chi connectivity index (χ0n) is 8.88. The molecular formula is C12H19N. The molecule has 1 heterocycles. The van der Waals surface area contributed by atoms with Gasteiger partial charge in [-0.15, -0.1) is 0 Å². The normalized spacial score (nSPS) is 10.8. The molecule has 0 unspecified atom stereocenters. The molecular weight excluding hydrogens is 158 g/mol. The maximum atomic E-state index is 4.43. The summed E-state index contributed by atoms with van der Waals surface area (Å²) in [5.74, 6) is 0.542. The maximum absolute atomic E-state index is 4.43. The lowest BCUT2D eigenvalue weighted by Crippen LogP contribution is -1.93. The molecule has 0 spiro atoms. The Morgan fingerprint density at radius 1 is 1.31 bits per heavy atom. The average molecular weight is 177 g/mol. The highest BCUT2D eigenvalue weighted by Gasteiger charge is 1.99. The lowest BCUT2D eigenvalue weighted by atomic mass is 10.1. The molecule has 0 aliphatic rings. The standard InChI is InChI=1S/C12H19N/c1-4-5-6-11-7-8-12(10(2)3)13-9-11/h7-10H,4-6H2,1-3H3. The molecule has 1 nitrogen and oxygen atoms in total. The van der Waals surface area contributed by atoms with Crippen molar-refractivity contribution in [2.75, 3.05) is 0 Å². The molecule has 0 bridgehead atoms. The van der Waals surface area contributed by atoms with Crippen LogP contribution in [-0.2, 0) is 6.42 Å². The number of hydrogen-bond acceptors (Lipinski definition) is 1. The number of unbranched alkanes of at least 4 members (excludes halogenated alkanes) is 1. The molecule has 13 heavy (non-hydrogen) atoms. The fourth-order valence-corrected chi connectivity index (χ4v) is 1.31. The van der Waals surface area contributed by atoms with Crippen LogP contribution >= 0.6 is 0 Å².